The van der Waals surface area contributed by atoms with Crippen LogP contribution in [0.3, 0.4) is 0 Å². The lowest BCUT2D eigenvalue weighted by atomic mass is 9.69. The van der Waals surface area contributed by atoms with E-state index in [0.29, 0.717) is 17.2 Å². The molecule has 21 heavy (non-hydrogen) atoms. The van der Waals surface area contributed by atoms with Gasteiger partial charge in [0.1, 0.15) is 0 Å². The Morgan fingerprint density at radius 1 is 1.29 bits per heavy atom. The maximum absolute atomic E-state index is 12.6. The van der Waals surface area contributed by atoms with Gasteiger partial charge in [0.2, 0.25) is 0 Å². The number of rotatable bonds is 2. The van der Waals surface area contributed by atoms with E-state index in [9.17, 15) is 4.79 Å². The molecule has 0 heterocycles. The molecule has 1 fully saturated rings. The molecule has 2 atom stereocenters. The van der Waals surface area contributed by atoms with Crippen LogP contribution in [0.25, 0.3) is 0 Å². The number of benzene rings is 1. The Morgan fingerprint density at radius 2 is 1.95 bits per heavy atom. The second-order valence-corrected chi connectivity index (χ2v) is 7.93. The third-order valence-electron chi connectivity index (χ3n) is 4.43. The highest BCUT2D eigenvalue weighted by Crippen LogP contribution is 2.38. The summed E-state index contributed by atoms with van der Waals surface area (Å²) in [5.74, 6) is 0.491. The maximum atomic E-state index is 12.6. The van der Waals surface area contributed by atoms with E-state index in [1.54, 1.807) is 12.1 Å². The van der Waals surface area contributed by atoms with Crippen molar-refractivity contribution in [3.63, 3.8) is 0 Å². The number of hydrogen-bond acceptors (Lipinski definition) is 2. The summed E-state index contributed by atoms with van der Waals surface area (Å²) in [6.45, 7) is 6.79. The summed E-state index contributed by atoms with van der Waals surface area (Å²) < 4.78 is 0.789. The van der Waals surface area contributed by atoms with Crippen LogP contribution in [0.2, 0.25) is 0 Å². The number of nitrogens with two attached hydrogens (primary N) is 1. The van der Waals surface area contributed by atoms with E-state index in [1.165, 1.54) is 19.3 Å². The average molecular weight is 353 g/mol. The first-order valence-corrected chi connectivity index (χ1v) is 8.44. The maximum Gasteiger partial charge on any atom is 0.252 e. The van der Waals surface area contributed by atoms with Gasteiger partial charge in [-0.2, -0.15) is 0 Å². The van der Waals surface area contributed by atoms with Crippen molar-refractivity contribution in [2.45, 2.75) is 52.5 Å². The molecule has 3 N–H and O–H groups in total. The molecule has 0 saturated heterocycles. The van der Waals surface area contributed by atoms with Gasteiger partial charge in [-0.05, 0) is 58.3 Å². The Morgan fingerprint density at radius 3 is 2.62 bits per heavy atom. The Hall–Kier alpha value is -1.03. The molecule has 0 aliphatic heterocycles. The first kappa shape index (κ1) is 16.3. The molecule has 3 nitrogen and oxygen atoms in total. The van der Waals surface area contributed by atoms with Crippen molar-refractivity contribution in [2.24, 2.45) is 11.3 Å². The highest BCUT2D eigenvalue weighted by Gasteiger charge is 2.35. The van der Waals surface area contributed by atoms with Crippen LogP contribution in [-0.4, -0.2) is 11.9 Å². The highest BCUT2D eigenvalue weighted by molar-refractivity contribution is 9.10. The molecule has 1 aliphatic rings. The molecular formula is C17H25BrN2O. The summed E-state index contributed by atoms with van der Waals surface area (Å²) in [5.41, 5.74) is 7.24. The fourth-order valence-corrected chi connectivity index (χ4v) is 3.73. The largest absolute Gasteiger partial charge is 0.399 e. The number of hydrogen-bond donors (Lipinski definition) is 2. The topological polar surface area (TPSA) is 55.1 Å². The fourth-order valence-electron chi connectivity index (χ4n) is 3.30. The van der Waals surface area contributed by atoms with Crippen molar-refractivity contribution >= 4 is 27.5 Å². The summed E-state index contributed by atoms with van der Waals surface area (Å²) in [6, 6.07) is 5.60. The van der Waals surface area contributed by atoms with E-state index in [4.69, 9.17) is 5.73 Å². The number of nitrogens with one attached hydrogen (secondary N) is 1. The van der Waals surface area contributed by atoms with E-state index in [2.05, 4.69) is 42.0 Å². The Kier molecular flexibility index (Phi) is 4.97. The van der Waals surface area contributed by atoms with Crippen molar-refractivity contribution in [1.29, 1.82) is 0 Å². The summed E-state index contributed by atoms with van der Waals surface area (Å²) in [6.07, 6.45) is 4.70. The van der Waals surface area contributed by atoms with E-state index in [1.807, 2.05) is 6.07 Å². The van der Waals surface area contributed by atoms with Gasteiger partial charge in [-0.25, -0.2) is 0 Å². The van der Waals surface area contributed by atoms with Crippen LogP contribution in [0.4, 0.5) is 5.69 Å². The zero-order valence-electron chi connectivity index (χ0n) is 13.1. The Labute approximate surface area is 135 Å². The second kappa shape index (κ2) is 6.39. The van der Waals surface area contributed by atoms with Gasteiger partial charge in [-0.3, -0.25) is 4.79 Å². The molecular weight excluding hydrogens is 328 g/mol. The molecule has 4 heteroatoms. The third-order valence-corrected chi connectivity index (χ3v) is 5.12. The van der Waals surface area contributed by atoms with Gasteiger partial charge in [0, 0.05) is 16.2 Å². The van der Waals surface area contributed by atoms with Crippen LogP contribution in [0, 0.1) is 11.3 Å². The number of carbonyl (C=O) groups is 1. The number of carbonyl (C=O) groups excluding carboxylic acids is 1. The molecule has 116 valence electrons. The monoisotopic (exact) mass is 352 g/mol. The molecule has 1 aromatic rings. The minimum absolute atomic E-state index is 0.0321. The van der Waals surface area contributed by atoms with Crippen molar-refractivity contribution in [3.05, 3.63) is 28.2 Å². The first-order valence-electron chi connectivity index (χ1n) is 7.65. The minimum Gasteiger partial charge on any atom is -0.399 e. The molecule has 0 spiro atoms. The fraction of sp³-hybridized carbons (Fsp3) is 0.588. The summed E-state index contributed by atoms with van der Waals surface area (Å²) in [7, 11) is 0. The van der Waals surface area contributed by atoms with E-state index in [0.717, 1.165) is 10.9 Å². The van der Waals surface area contributed by atoms with Crippen LogP contribution in [0.5, 0.6) is 0 Å². The molecule has 1 aliphatic carbocycles. The third kappa shape index (κ3) is 4.00. The molecule has 2 unspecified atom stereocenters. The average Bonchev–Trinajstić information content (AvgIpc) is 2.41. The highest BCUT2D eigenvalue weighted by atomic mass is 79.9. The lowest BCUT2D eigenvalue weighted by Crippen LogP contribution is -2.46. The first-order chi connectivity index (χ1) is 9.79. The van der Waals surface area contributed by atoms with Crippen LogP contribution in [0.15, 0.2) is 22.7 Å². The zero-order valence-corrected chi connectivity index (χ0v) is 14.7. The van der Waals surface area contributed by atoms with Gasteiger partial charge in [-0.15, -0.1) is 0 Å². The van der Waals surface area contributed by atoms with E-state index in [-0.39, 0.29) is 17.4 Å². The van der Waals surface area contributed by atoms with E-state index < -0.39 is 0 Å². The van der Waals surface area contributed by atoms with Gasteiger partial charge >= 0.3 is 0 Å². The Bertz CT molecular complexity index is 522. The summed E-state index contributed by atoms with van der Waals surface area (Å²) in [5, 5.41) is 3.24. The van der Waals surface area contributed by atoms with Crippen LogP contribution in [-0.2, 0) is 0 Å². The summed E-state index contributed by atoms with van der Waals surface area (Å²) >= 11 is 3.43. The Balaban J connectivity index is 2.15. The van der Waals surface area contributed by atoms with Crippen molar-refractivity contribution < 1.29 is 4.79 Å². The molecule has 2 rings (SSSR count). The van der Waals surface area contributed by atoms with Crippen LogP contribution in [0.1, 0.15) is 56.8 Å². The second-order valence-electron chi connectivity index (χ2n) is 7.08. The van der Waals surface area contributed by atoms with Crippen molar-refractivity contribution in [2.75, 3.05) is 5.73 Å². The van der Waals surface area contributed by atoms with Gasteiger partial charge in [0.25, 0.3) is 5.91 Å². The zero-order chi connectivity index (χ0) is 15.6. The minimum atomic E-state index is -0.0321. The predicted molar refractivity (Wildman–Crippen MR) is 91.2 cm³/mol. The molecule has 1 amide bonds. The molecule has 1 saturated carbocycles. The number of amides is 1. The lowest BCUT2D eigenvalue weighted by molar-refractivity contribution is 0.0829. The molecule has 0 radical (unpaired) electrons. The molecule has 1 aromatic carbocycles. The smallest absolute Gasteiger partial charge is 0.252 e. The van der Waals surface area contributed by atoms with Gasteiger partial charge < -0.3 is 11.1 Å². The van der Waals surface area contributed by atoms with Crippen LogP contribution < -0.4 is 11.1 Å². The molecule has 0 aromatic heterocycles. The lowest BCUT2D eigenvalue weighted by Gasteiger charge is -2.40. The predicted octanol–water partition coefficient (Wildman–Crippen LogP) is 4.37. The van der Waals surface area contributed by atoms with Crippen molar-refractivity contribution in [3.8, 4) is 0 Å². The number of nitrogen functional groups attached to an aromatic ring is 1. The number of anilines is 1. The quantitative estimate of drug-likeness (QED) is 0.776. The number of halogens is 1. The van der Waals surface area contributed by atoms with Gasteiger partial charge in [0.15, 0.2) is 0 Å². The van der Waals surface area contributed by atoms with E-state index >= 15 is 0 Å². The normalized spacial score (nSPS) is 22.9. The standard InChI is InChI=1S/C17H25BrN2O/c1-17(2,3)13-6-4-5-7-15(13)20-16(21)12-10-11(19)8-9-14(12)18/h8-10,13,15H,4-7,19H2,1-3H3,(H,20,21). The van der Waals surface area contributed by atoms with Gasteiger partial charge in [0.05, 0.1) is 5.56 Å². The molecule has 0 bridgehead atoms. The van der Waals surface area contributed by atoms with Crippen molar-refractivity contribution in [1.82, 2.24) is 5.32 Å². The van der Waals surface area contributed by atoms with Crippen LogP contribution >= 0.6 is 15.9 Å². The SMILES string of the molecule is CC(C)(C)C1CCCCC1NC(=O)c1cc(N)ccc1Br. The van der Waals surface area contributed by atoms with Gasteiger partial charge in [-0.1, -0.05) is 33.6 Å². The summed E-state index contributed by atoms with van der Waals surface area (Å²) in [4.78, 5) is 12.6.